The van der Waals surface area contributed by atoms with Gasteiger partial charge in [-0.3, -0.25) is 4.57 Å². The number of rotatable bonds is 2. The van der Waals surface area contributed by atoms with Crippen LogP contribution in [0.25, 0.3) is 11.2 Å². The van der Waals surface area contributed by atoms with E-state index in [-0.39, 0.29) is 0 Å². The molecular weight excluding hydrogens is 296 g/mol. The molecule has 0 amide bonds. The molecule has 0 aromatic carbocycles. The van der Waals surface area contributed by atoms with Crippen LogP contribution in [0.2, 0.25) is 0 Å². The number of aromatic nitrogens is 3. The van der Waals surface area contributed by atoms with Crippen molar-refractivity contribution in [2.75, 3.05) is 12.8 Å². The van der Waals surface area contributed by atoms with E-state index in [1.165, 1.54) is 0 Å². The van der Waals surface area contributed by atoms with Gasteiger partial charge in [-0.05, 0) is 41.3 Å². The number of nitrogen functional groups attached to an aromatic ring is 1. The van der Waals surface area contributed by atoms with Crippen LogP contribution in [0.1, 0.15) is 25.3 Å². The lowest BCUT2D eigenvalue weighted by molar-refractivity contribution is 0.106. The van der Waals surface area contributed by atoms with Crippen molar-refractivity contribution in [1.29, 1.82) is 0 Å². The molecule has 2 aromatic rings. The average Bonchev–Trinajstić information content (AvgIpc) is 2.91. The third-order valence-electron chi connectivity index (χ3n) is 3.58. The number of fused-ring (bicyclic) bond motifs is 1. The first-order chi connectivity index (χ1) is 8.69. The fourth-order valence-corrected chi connectivity index (χ4v) is 3.02. The van der Waals surface area contributed by atoms with E-state index >= 15 is 0 Å². The summed E-state index contributed by atoms with van der Waals surface area (Å²) in [6.45, 7) is 0. The first-order valence-electron chi connectivity index (χ1n) is 6.01. The molecule has 0 saturated heterocycles. The maximum atomic E-state index is 6.03. The smallest absolute Gasteiger partial charge is 0.202 e. The standard InChI is InChI=1S/C12H15BrN4O/c1-18-9-3-2-8(5-9)17-11-10(16-12(17)14)4-7(13)6-15-11/h4,6,8-9H,2-3,5H2,1H3,(H2,14,16). The van der Waals surface area contributed by atoms with Gasteiger partial charge in [0, 0.05) is 23.8 Å². The van der Waals surface area contributed by atoms with Crippen LogP contribution in [0.5, 0.6) is 0 Å². The van der Waals surface area contributed by atoms with Gasteiger partial charge < -0.3 is 10.5 Å². The molecule has 1 aliphatic rings. The second kappa shape index (κ2) is 4.51. The average molecular weight is 311 g/mol. The molecule has 5 nitrogen and oxygen atoms in total. The molecule has 6 heteroatoms. The van der Waals surface area contributed by atoms with Gasteiger partial charge >= 0.3 is 0 Å². The normalized spacial score (nSPS) is 23.9. The fraction of sp³-hybridized carbons (Fsp3) is 0.500. The van der Waals surface area contributed by atoms with Crippen molar-refractivity contribution in [1.82, 2.24) is 14.5 Å². The second-order valence-corrected chi connectivity index (χ2v) is 5.58. The van der Waals surface area contributed by atoms with Crippen molar-refractivity contribution in [3.8, 4) is 0 Å². The molecule has 0 aliphatic heterocycles. The second-order valence-electron chi connectivity index (χ2n) is 4.66. The minimum absolute atomic E-state index is 0.322. The highest BCUT2D eigenvalue weighted by molar-refractivity contribution is 9.10. The van der Waals surface area contributed by atoms with Crippen molar-refractivity contribution >= 4 is 33.0 Å². The third-order valence-corrected chi connectivity index (χ3v) is 4.01. The van der Waals surface area contributed by atoms with E-state index in [1.54, 1.807) is 13.3 Å². The maximum absolute atomic E-state index is 6.03. The molecule has 1 aliphatic carbocycles. The van der Waals surface area contributed by atoms with Gasteiger partial charge in [0.05, 0.1) is 6.10 Å². The Morgan fingerprint density at radius 3 is 3.06 bits per heavy atom. The summed E-state index contributed by atoms with van der Waals surface area (Å²) >= 11 is 3.40. The zero-order chi connectivity index (χ0) is 12.7. The summed E-state index contributed by atoms with van der Waals surface area (Å²) in [6.07, 6.45) is 5.21. The number of methoxy groups -OCH3 is 1. The molecule has 2 unspecified atom stereocenters. The van der Waals surface area contributed by atoms with Gasteiger partial charge in [0.25, 0.3) is 0 Å². The van der Waals surface area contributed by atoms with Gasteiger partial charge in [-0.2, -0.15) is 0 Å². The van der Waals surface area contributed by atoms with Crippen molar-refractivity contribution in [3.05, 3.63) is 16.7 Å². The number of nitrogens with zero attached hydrogens (tertiary/aromatic N) is 3. The monoisotopic (exact) mass is 310 g/mol. The van der Waals surface area contributed by atoms with E-state index in [0.717, 1.165) is 34.9 Å². The molecule has 2 heterocycles. The summed E-state index contributed by atoms with van der Waals surface area (Å²) in [5.41, 5.74) is 7.72. The molecule has 0 spiro atoms. The highest BCUT2D eigenvalue weighted by Crippen LogP contribution is 2.35. The van der Waals surface area contributed by atoms with E-state index < -0.39 is 0 Å². The zero-order valence-corrected chi connectivity index (χ0v) is 11.7. The first-order valence-corrected chi connectivity index (χ1v) is 6.80. The molecule has 18 heavy (non-hydrogen) atoms. The number of ether oxygens (including phenoxy) is 1. The van der Waals surface area contributed by atoms with Crippen LogP contribution in [0.3, 0.4) is 0 Å². The van der Waals surface area contributed by atoms with Crippen LogP contribution >= 0.6 is 15.9 Å². The van der Waals surface area contributed by atoms with Gasteiger partial charge in [-0.1, -0.05) is 0 Å². The lowest BCUT2D eigenvalue weighted by atomic mass is 10.2. The van der Waals surface area contributed by atoms with Crippen molar-refractivity contribution in [2.24, 2.45) is 0 Å². The number of hydrogen-bond donors (Lipinski definition) is 1. The van der Waals surface area contributed by atoms with Crippen molar-refractivity contribution in [2.45, 2.75) is 31.4 Å². The predicted molar refractivity (Wildman–Crippen MR) is 73.3 cm³/mol. The Kier molecular flexibility index (Phi) is 2.99. The highest BCUT2D eigenvalue weighted by atomic mass is 79.9. The third kappa shape index (κ3) is 1.89. The Balaban J connectivity index is 2.04. The number of anilines is 1. The molecule has 3 rings (SSSR count). The van der Waals surface area contributed by atoms with Gasteiger partial charge in [-0.15, -0.1) is 0 Å². The number of hydrogen-bond acceptors (Lipinski definition) is 4. The van der Waals surface area contributed by atoms with E-state index in [0.29, 0.717) is 18.1 Å². The Labute approximate surface area is 113 Å². The lowest BCUT2D eigenvalue weighted by Crippen LogP contribution is -2.11. The van der Waals surface area contributed by atoms with Crippen LogP contribution in [-0.2, 0) is 4.74 Å². The topological polar surface area (TPSA) is 66.0 Å². The van der Waals surface area contributed by atoms with E-state index in [2.05, 4.69) is 25.9 Å². The van der Waals surface area contributed by atoms with Gasteiger partial charge in [0.15, 0.2) is 5.65 Å². The molecular formula is C12H15BrN4O. The zero-order valence-electron chi connectivity index (χ0n) is 10.1. The highest BCUT2D eigenvalue weighted by Gasteiger charge is 2.28. The number of imidazole rings is 1. The lowest BCUT2D eigenvalue weighted by Gasteiger charge is -2.14. The van der Waals surface area contributed by atoms with E-state index in [1.807, 2.05) is 10.6 Å². The Morgan fingerprint density at radius 1 is 1.50 bits per heavy atom. The number of halogens is 1. The van der Waals surface area contributed by atoms with Crippen LogP contribution in [0.4, 0.5) is 5.95 Å². The molecule has 2 aromatic heterocycles. The first kappa shape index (κ1) is 11.9. The molecule has 1 fully saturated rings. The Morgan fingerprint density at radius 2 is 2.33 bits per heavy atom. The van der Waals surface area contributed by atoms with Crippen LogP contribution in [0.15, 0.2) is 16.7 Å². The molecule has 1 saturated carbocycles. The van der Waals surface area contributed by atoms with E-state index in [4.69, 9.17) is 10.5 Å². The summed E-state index contributed by atoms with van der Waals surface area (Å²) < 4.78 is 8.37. The quantitative estimate of drug-likeness (QED) is 0.925. The number of nitrogens with two attached hydrogens (primary N) is 1. The maximum Gasteiger partial charge on any atom is 0.202 e. The van der Waals surface area contributed by atoms with Gasteiger partial charge in [-0.25, -0.2) is 9.97 Å². The van der Waals surface area contributed by atoms with Crippen LogP contribution in [-0.4, -0.2) is 27.7 Å². The molecule has 0 bridgehead atoms. The minimum atomic E-state index is 0.322. The molecule has 2 atom stereocenters. The van der Waals surface area contributed by atoms with Gasteiger partial charge in [0.2, 0.25) is 5.95 Å². The molecule has 0 radical (unpaired) electrons. The number of pyridine rings is 1. The summed E-state index contributed by atoms with van der Waals surface area (Å²) in [5.74, 6) is 0.539. The predicted octanol–water partition coefficient (Wildman–Crippen LogP) is 2.52. The van der Waals surface area contributed by atoms with Crippen LogP contribution in [0, 0.1) is 0 Å². The summed E-state index contributed by atoms with van der Waals surface area (Å²) in [6, 6.07) is 2.28. The van der Waals surface area contributed by atoms with E-state index in [9.17, 15) is 0 Å². The van der Waals surface area contributed by atoms with Crippen molar-refractivity contribution in [3.63, 3.8) is 0 Å². The molecule has 2 N–H and O–H groups in total. The summed E-state index contributed by atoms with van der Waals surface area (Å²) in [5, 5.41) is 0. The Bertz CT molecular complexity index is 583. The Hall–Kier alpha value is -1.14. The fourth-order valence-electron chi connectivity index (χ4n) is 2.70. The van der Waals surface area contributed by atoms with Crippen LogP contribution < -0.4 is 5.73 Å². The SMILES string of the molecule is COC1CCC(n2c(N)nc3cc(Br)cnc32)C1. The minimum Gasteiger partial charge on any atom is -0.381 e. The summed E-state index contributed by atoms with van der Waals surface area (Å²) in [7, 11) is 1.76. The van der Waals surface area contributed by atoms with Gasteiger partial charge in [0.1, 0.15) is 5.52 Å². The largest absolute Gasteiger partial charge is 0.381 e. The summed E-state index contributed by atoms with van der Waals surface area (Å²) in [4.78, 5) is 8.81. The van der Waals surface area contributed by atoms with Crippen molar-refractivity contribution < 1.29 is 4.74 Å². The molecule has 96 valence electrons.